The van der Waals surface area contributed by atoms with Crippen LogP contribution in [0.15, 0.2) is 22.7 Å². The first kappa shape index (κ1) is 12.9. The fraction of sp³-hybridized carbons (Fsp3) is 0.0909. The molecule has 0 aliphatic carbocycles. The maximum absolute atomic E-state index is 11.9. The van der Waals surface area contributed by atoms with E-state index < -0.39 is 0 Å². The Morgan fingerprint density at radius 2 is 2.28 bits per heavy atom. The number of aryl methyl sites for hydroxylation is 1. The number of halogens is 2. The zero-order valence-electron chi connectivity index (χ0n) is 9.42. The van der Waals surface area contributed by atoms with Gasteiger partial charge in [-0.05, 0) is 41.1 Å². The van der Waals surface area contributed by atoms with E-state index in [9.17, 15) is 4.79 Å². The third-order valence-corrected chi connectivity index (χ3v) is 3.64. The van der Waals surface area contributed by atoms with E-state index in [0.717, 1.165) is 4.47 Å². The number of nitrogens with zero attached hydrogens (tertiary/aromatic N) is 1. The molecule has 0 unspecified atom stereocenters. The highest BCUT2D eigenvalue weighted by Crippen LogP contribution is 2.24. The van der Waals surface area contributed by atoms with Crippen LogP contribution in [-0.2, 0) is 0 Å². The van der Waals surface area contributed by atoms with Crippen LogP contribution < -0.4 is 11.1 Å². The van der Waals surface area contributed by atoms with Crippen molar-refractivity contribution in [2.45, 2.75) is 6.92 Å². The van der Waals surface area contributed by atoms with Gasteiger partial charge in [-0.15, -0.1) is 0 Å². The second-order valence-electron chi connectivity index (χ2n) is 3.69. The number of carbonyl (C=O) groups is 1. The summed E-state index contributed by atoms with van der Waals surface area (Å²) in [7, 11) is 0. The zero-order valence-corrected chi connectivity index (χ0v) is 11.8. The Morgan fingerprint density at radius 3 is 2.83 bits per heavy atom. The number of rotatable bonds is 2. The van der Waals surface area contributed by atoms with Crippen molar-refractivity contribution >= 4 is 44.9 Å². The smallest absolute Gasteiger partial charge is 0.256 e. The van der Waals surface area contributed by atoms with Gasteiger partial charge in [0.05, 0.1) is 16.4 Å². The molecule has 1 aromatic carbocycles. The van der Waals surface area contributed by atoms with Crippen LogP contribution in [0.3, 0.4) is 0 Å². The van der Waals surface area contributed by atoms with Gasteiger partial charge in [-0.1, -0.05) is 11.6 Å². The molecule has 1 amide bonds. The van der Waals surface area contributed by atoms with E-state index in [-0.39, 0.29) is 5.91 Å². The minimum Gasteiger partial charge on any atom is -0.394 e. The van der Waals surface area contributed by atoms with Crippen molar-refractivity contribution in [3.63, 3.8) is 0 Å². The number of hydrogen-bond donors (Lipinski definition) is 3. The second-order valence-corrected chi connectivity index (χ2v) is 4.96. The Bertz CT molecular complexity index is 611. The third-order valence-electron chi connectivity index (χ3n) is 2.41. The van der Waals surface area contributed by atoms with Crippen LogP contribution in [0.25, 0.3) is 0 Å². The first-order chi connectivity index (χ1) is 8.49. The molecule has 0 atom stereocenters. The lowest BCUT2D eigenvalue weighted by Gasteiger charge is -2.04. The molecule has 7 heteroatoms. The van der Waals surface area contributed by atoms with E-state index >= 15 is 0 Å². The first-order valence-electron chi connectivity index (χ1n) is 5.06. The molecule has 0 fully saturated rings. The number of aromatic nitrogens is 2. The van der Waals surface area contributed by atoms with E-state index in [2.05, 4.69) is 31.4 Å². The van der Waals surface area contributed by atoms with Crippen LogP contribution in [0.4, 0.5) is 11.5 Å². The van der Waals surface area contributed by atoms with Gasteiger partial charge in [-0.3, -0.25) is 9.89 Å². The molecule has 0 spiro atoms. The largest absolute Gasteiger partial charge is 0.394 e. The van der Waals surface area contributed by atoms with Crippen molar-refractivity contribution in [2.24, 2.45) is 0 Å². The third kappa shape index (κ3) is 2.49. The van der Waals surface area contributed by atoms with Crippen LogP contribution in [0, 0.1) is 6.92 Å². The summed E-state index contributed by atoms with van der Waals surface area (Å²) in [6, 6.07) is 4.92. The highest BCUT2D eigenvalue weighted by atomic mass is 79.9. The first-order valence-corrected chi connectivity index (χ1v) is 6.23. The predicted molar refractivity (Wildman–Crippen MR) is 74.8 cm³/mol. The lowest BCUT2D eigenvalue weighted by atomic mass is 10.2. The van der Waals surface area contributed by atoms with E-state index in [4.69, 9.17) is 17.3 Å². The van der Waals surface area contributed by atoms with Crippen molar-refractivity contribution in [3.8, 4) is 0 Å². The van der Waals surface area contributed by atoms with Crippen LogP contribution in [0.5, 0.6) is 0 Å². The lowest BCUT2D eigenvalue weighted by Crippen LogP contribution is -2.13. The van der Waals surface area contributed by atoms with Gasteiger partial charge < -0.3 is 11.1 Å². The van der Waals surface area contributed by atoms with Crippen LogP contribution >= 0.6 is 27.5 Å². The van der Waals surface area contributed by atoms with E-state index in [1.807, 2.05) is 0 Å². The van der Waals surface area contributed by atoms with Gasteiger partial charge in [0.15, 0.2) is 5.82 Å². The molecule has 0 bridgehead atoms. The summed E-state index contributed by atoms with van der Waals surface area (Å²) in [5.41, 5.74) is 7.30. The molecule has 2 aromatic rings. The number of benzene rings is 1. The fourth-order valence-electron chi connectivity index (χ4n) is 1.35. The number of H-pyrrole nitrogens is 1. The summed E-state index contributed by atoms with van der Waals surface area (Å²) in [4.78, 5) is 11.9. The predicted octanol–water partition coefficient (Wildman–Crippen LogP) is 2.97. The number of hydrogen-bond acceptors (Lipinski definition) is 3. The number of amides is 1. The van der Waals surface area contributed by atoms with Gasteiger partial charge in [0.1, 0.15) is 0 Å². The Labute approximate surface area is 117 Å². The minimum atomic E-state index is -0.317. The van der Waals surface area contributed by atoms with Crippen LogP contribution in [-0.4, -0.2) is 16.1 Å². The summed E-state index contributed by atoms with van der Waals surface area (Å²) in [6.45, 7) is 1.77. The number of aromatic amines is 1. The molecule has 0 saturated heterocycles. The average molecular weight is 330 g/mol. The molecule has 0 radical (unpaired) electrons. The van der Waals surface area contributed by atoms with Gasteiger partial charge in [-0.2, -0.15) is 5.10 Å². The molecule has 94 valence electrons. The molecular formula is C11H10BrClN4O. The van der Waals surface area contributed by atoms with Gasteiger partial charge >= 0.3 is 0 Å². The highest BCUT2D eigenvalue weighted by Gasteiger charge is 2.12. The Hall–Kier alpha value is -1.53. The van der Waals surface area contributed by atoms with Crippen molar-refractivity contribution in [3.05, 3.63) is 39.0 Å². The average Bonchev–Trinajstić information content (AvgIpc) is 2.64. The summed E-state index contributed by atoms with van der Waals surface area (Å²) in [5, 5.41) is 9.67. The summed E-state index contributed by atoms with van der Waals surface area (Å²) in [6.07, 6.45) is 0. The molecular weight excluding hydrogens is 320 g/mol. The molecule has 5 nitrogen and oxygen atoms in total. The summed E-state index contributed by atoms with van der Waals surface area (Å²) < 4.78 is 0.732. The van der Waals surface area contributed by atoms with E-state index in [1.165, 1.54) is 0 Å². The maximum Gasteiger partial charge on any atom is 0.256 e. The molecule has 0 aliphatic heterocycles. The monoisotopic (exact) mass is 328 g/mol. The number of carbonyl (C=O) groups excluding carboxylic acids is 1. The van der Waals surface area contributed by atoms with Gasteiger partial charge in [0.25, 0.3) is 5.91 Å². The Morgan fingerprint density at radius 1 is 1.56 bits per heavy atom. The van der Waals surface area contributed by atoms with Crippen molar-refractivity contribution < 1.29 is 4.79 Å². The fourth-order valence-corrected chi connectivity index (χ4v) is 1.78. The Balaban J connectivity index is 2.22. The van der Waals surface area contributed by atoms with Gasteiger partial charge in [0.2, 0.25) is 0 Å². The molecule has 0 saturated carbocycles. The normalized spacial score (nSPS) is 10.4. The summed E-state index contributed by atoms with van der Waals surface area (Å²) in [5.74, 6) is -0.000795. The Kier molecular flexibility index (Phi) is 3.58. The van der Waals surface area contributed by atoms with Gasteiger partial charge in [0, 0.05) is 10.0 Å². The van der Waals surface area contributed by atoms with E-state index in [1.54, 1.807) is 25.1 Å². The van der Waals surface area contributed by atoms with Crippen LogP contribution in [0.2, 0.25) is 5.02 Å². The van der Waals surface area contributed by atoms with Crippen molar-refractivity contribution in [1.29, 1.82) is 0 Å². The second kappa shape index (κ2) is 4.99. The number of nitrogens with one attached hydrogen (secondary N) is 2. The molecule has 1 aromatic heterocycles. The topological polar surface area (TPSA) is 83.8 Å². The molecule has 1 heterocycles. The van der Waals surface area contributed by atoms with Crippen molar-refractivity contribution in [2.75, 3.05) is 11.1 Å². The summed E-state index contributed by atoms with van der Waals surface area (Å²) >= 11 is 9.18. The number of nitrogens with two attached hydrogens (primary N) is 1. The van der Waals surface area contributed by atoms with Crippen LogP contribution in [0.1, 0.15) is 16.1 Å². The van der Waals surface area contributed by atoms with E-state index in [0.29, 0.717) is 27.8 Å². The highest BCUT2D eigenvalue weighted by molar-refractivity contribution is 9.10. The molecule has 18 heavy (non-hydrogen) atoms. The quantitative estimate of drug-likeness (QED) is 0.792. The lowest BCUT2D eigenvalue weighted by molar-refractivity contribution is 0.102. The molecule has 2 rings (SSSR count). The SMILES string of the molecule is Cc1[nH]nc(NC(=O)c2ccc(Br)c(Cl)c2)c1N. The minimum absolute atomic E-state index is 0.316. The molecule has 4 N–H and O–H groups in total. The molecule has 0 aliphatic rings. The number of nitrogen functional groups attached to an aromatic ring is 1. The maximum atomic E-state index is 11.9. The van der Waals surface area contributed by atoms with Crippen molar-refractivity contribution in [1.82, 2.24) is 10.2 Å². The number of anilines is 2. The zero-order chi connectivity index (χ0) is 13.3. The van der Waals surface area contributed by atoms with Gasteiger partial charge in [-0.25, -0.2) is 0 Å². The standard InChI is InChI=1S/C11H10BrClN4O/c1-5-9(14)10(17-16-5)15-11(18)6-2-3-7(12)8(13)4-6/h2-4H,14H2,1H3,(H2,15,16,17,18).